The summed E-state index contributed by atoms with van der Waals surface area (Å²) in [5, 5.41) is 3.38. The first-order valence-electron chi connectivity index (χ1n) is 8.00. The van der Waals surface area contributed by atoms with E-state index < -0.39 is 0 Å². The molecule has 1 atom stereocenters. The van der Waals surface area contributed by atoms with Gasteiger partial charge in [-0.05, 0) is 38.3 Å². The zero-order valence-corrected chi connectivity index (χ0v) is 18.0. The first-order valence-corrected chi connectivity index (χ1v) is 9.20. The Bertz CT molecular complexity index is 553. The second-order valence-electron chi connectivity index (χ2n) is 5.47. The fourth-order valence-corrected chi connectivity index (χ4v) is 3.82. The van der Waals surface area contributed by atoms with Crippen LogP contribution < -0.4 is 5.32 Å². The third kappa shape index (κ3) is 6.40. The van der Waals surface area contributed by atoms with Gasteiger partial charge in [0.25, 0.3) is 0 Å². The van der Waals surface area contributed by atoms with E-state index >= 15 is 0 Å². The molecule has 0 spiro atoms. The lowest BCUT2D eigenvalue weighted by Gasteiger charge is -2.33. The second kappa shape index (κ2) is 11.1. The zero-order valence-electron chi connectivity index (χ0n) is 14.1. The molecule has 1 fully saturated rings. The predicted octanol–water partition coefficient (Wildman–Crippen LogP) is 3.41. The van der Waals surface area contributed by atoms with E-state index in [4.69, 9.17) is 16.3 Å². The molecule has 1 unspecified atom stereocenters. The number of halogens is 2. The normalized spacial score (nSPS) is 18.0. The van der Waals surface area contributed by atoms with E-state index in [2.05, 4.69) is 21.3 Å². The van der Waals surface area contributed by atoms with Crippen molar-refractivity contribution in [1.29, 1.82) is 0 Å². The predicted molar refractivity (Wildman–Crippen MR) is 111 cm³/mol. The number of guanidine groups is 1. The SMILES string of the molecule is CCOC(=O)C1CCCN(C(=NC)NCCc2ccc(Cl)s2)C1.I. The van der Waals surface area contributed by atoms with Crippen molar-refractivity contribution < 1.29 is 9.53 Å². The van der Waals surface area contributed by atoms with Crippen LogP contribution in [0.2, 0.25) is 4.34 Å². The molecule has 2 rings (SSSR count). The van der Waals surface area contributed by atoms with Gasteiger partial charge < -0.3 is 15.0 Å². The number of carbonyl (C=O) groups is 1. The minimum absolute atomic E-state index is 0. The van der Waals surface area contributed by atoms with Crippen LogP contribution in [0.3, 0.4) is 0 Å². The lowest BCUT2D eigenvalue weighted by atomic mass is 9.98. The average Bonchev–Trinajstić information content (AvgIpc) is 2.97. The van der Waals surface area contributed by atoms with Crippen molar-refractivity contribution in [2.45, 2.75) is 26.2 Å². The number of likely N-dealkylation sites (tertiary alicyclic amines) is 1. The highest BCUT2D eigenvalue weighted by atomic mass is 127. The molecule has 8 heteroatoms. The Kier molecular flexibility index (Phi) is 9.99. The number of aliphatic imine (C=N–C) groups is 1. The first-order chi connectivity index (χ1) is 11.1. The molecule has 0 bridgehead atoms. The number of ether oxygens (including phenoxy) is 1. The molecular weight excluding hydrogens is 461 g/mol. The van der Waals surface area contributed by atoms with Gasteiger partial charge in [0.15, 0.2) is 5.96 Å². The Balaban J connectivity index is 0.00000288. The van der Waals surface area contributed by atoms with Crippen LogP contribution in [-0.2, 0) is 16.0 Å². The van der Waals surface area contributed by atoms with Crippen LogP contribution in [0.1, 0.15) is 24.6 Å². The summed E-state index contributed by atoms with van der Waals surface area (Å²) in [6.45, 7) is 4.66. The number of nitrogens with zero attached hydrogens (tertiary/aromatic N) is 2. The zero-order chi connectivity index (χ0) is 16.7. The van der Waals surface area contributed by atoms with Crippen molar-refractivity contribution in [3.05, 3.63) is 21.3 Å². The van der Waals surface area contributed by atoms with Crippen molar-refractivity contribution in [3.63, 3.8) is 0 Å². The Morgan fingerprint density at radius 2 is 2.33 bits per heavy atom. The Morgan fingerprint density at radius 3 is 2.96 bits per heavy atom. The third-order valence-corrected chi connectivity index (χ3v) is 5.13. The molecule has 0 amide bonds. The highest BCUT2D eigenvalue weighted by Crippen LogP contribution is 2.21. The quantitative estimate of drug-likeness (QED) is 0.301. The molecule has 0 radical (unpaired) electrons. The lowest BCUT2D eigenvalue weighted by Crippen LogP contribution is -2.48. The highest BCUT2D eigenvalue weighted by Gasteiger charge is 2.28. The van der Waals surface area contributed by atoms with Crippen molar-refractivity contribution in [2.75, 3.05) is 33.3 Å². The Labute approximate surface area is 169 Å². The maximum Gasteiger partial charge on any atom is 0.310 e. The van der Waals surface area contributed by atoms with E-state index in [9.17, 15) is 4.79 Å². The summed E-state index contributed by atoms with van der Waals surface area (Å²) in [5.74, 6) is 0.695. The van der Waals surface area contributed by atoms with Gasteiger partial charge in [0, 0.05) is 31.6 Å². The van der Waals surface area contributed by atoms with E-state index in [0.717, 1.165) is 42.6 Å². The maximum atomic E-state index is 11.9. The van der Waals surface area contributed by atoms with E-state index in [-0.39, 0.29) is 35.9 Å². The summed E-state index contributed by atoms with van der Waals surface area (Å²) in [6.07, 6.45) is 2.77. The molecule has 1 saturated heterocycles. The molecule has 1 aliphatic rings. The lowest BCUT2D eigenvalue weighted by molar-refractivity contribution is -0.149. The van der Waals surface area contributed by atoms with Gasteiger partial charge in [-0.15, -0.1) is 35.3 Å². The van der Waals surface area contributed by atoms with E-state index in [0.29, 0.717) is 13.2 Å². The summed E-state index contributed by atoms with van der Waals surface area (Å²) >= 11 is 7.55. The van der Waals surface area contributed by atoms with Crippen LogP contribution in [0.5, 0.6) is 0 Å². The highest BCUT2D eigenvalue weighted by molar-refractivity contribution is 14.0. The van der Waals surface area contributed by atoms with Gasteiger partial charge in [0.2, 0.25) is 0 Å². The molecule has 0 saturated carbocycles. The number of thiophene rings is 1. The molecule has 2 heterocycles. The molecule has 0 aliphatic carbocycles. The largest absolute Gasteiger partial charge is 0.466 e. The van der Waals surface area contributed by atoms with Crippen molar-refractivity contribution in [2.24, 2.45) is 10.9 Å². The summed E-state index contributed by atoms with van der Waals surface area (Å²) in [7, 11) is 1.78. The minimum Gasteiger partial charge on any atom is -0.466 e. The fraction of sp³-hybridized carbons (Fsp3) is 0.625. The molecule has 1 aromatic heterocycles. The van der Waals surface area contributed by atoms with Crippen LogP contribution in [-0.4, -0.2) is 50.1 Å². The molecule has 5 nitrogen and oxygen atoms in total. The molecule has 0 aromatic carbocycles. The van der Waals surface area contributed by atoms with Gasteiger partial charge in [0.05, 0.1) is 16.9 Å². The van der Waals surface area contributed by atoms with Crippen LogP contribution in [0, 0.1) is 5.92 Å². The number of nitrogens with one attached hydrogen (secondary N) is 1. The van der Waals surface area contributed by atoms with E-state index in [1.54, 1.807) is 18.4 Å². The van der Waals surface area contributed by atoms with Gasteiger partial charge in [-0.3, -0.25) is 9.79 Å². The van der Waals surface area contributed by atoms with Gasteiger partial charge in [0.1, 0.15) is 0 Å². The van der Waals surface area contributed by atoms with Gasteiger partial charge >= 0.3 is 5.97 Å². The van der Waals surface area contributed by atoms with E-state index in [1.165, 1.54) is 4.88 Å². The van der Waals surface area contributed by atoms with Crippen molar-refractivity contribution in [1.82, 2.24) is 10.2 Å². The van der Waals surface area contributed by atoms with Gasteiger partial charge in [-0.1, -0.05) is 11.6 Å². The summed E-state index contributed by atoms with van der Waals surface area (Å²) in [5.41, 5.74) is 0. The number of esters is 1. The minimum atomic E-state index is -0.0964. The fourth-order valence-electron chi connectivity index (χ4n) is 2.74. The standard InChI is InChI=1S/C16H24ClN3O2S.HI/c1-3-22-15(21)12-5-4-10-20(11-12)16(18-2)19-9-8-13-6-7-14(17)23-13;/h6-7,12H,3-5,8-11H2,1-2H3,(H,18,19);1H. The molecular formula is C16H25ClIN3O2S. The maximum absolute atomic E-state index is 11.9. The molecule has 1 aromatic rings. The van der Waals surface area contributed by atoms with Gasteiger partial charge in [-0.25, -0.2) is 0 Å². The number of hydrogen-bond acceptors (Lipinski definition) is 4. The second-order valence-corrected chi connectivity index (χ2v) is 7.27. The molecule has 136 valence electrons. The number of rotatable bonds is 5. The van der Waals surface area contributed by atoms with Crippen molar-refractivity contribution in [3.8, 4) is 0 Å². The molecule has 24 heavy (non-hydrogen) atoms. The summed E-state index contributed by atoms with van der Waals surface area (Å²) in [6, 6.07) is 3.97. The smallest absolute Gasteiger partial charge is 0.310 e. The summed E-state index contributed by atoms with van der Waals surface area (Å²) < 4.78 is 5.96. The number of carbonyl (C=O) groups excluding carboxylic acids is 1. The van der Waals surface area contributed by atoms with Crippen molar-refractivity contribution >= 4 is 58.8 Å². The molecule has 1 N–H and O–H groups in total. The Hall–Kier alpha value is -0.540. The average molecular weight is 486 g/mol. The van der Waals surface area contributed by atoms with Crippen LogP contribution in [0.25, 0.3) is 0 Å². The topological polar surface area (TPSA) is 53.9 Å². The number of hydrogen-bond donors (Lipinski definition) is 1. The summed E-state index contributed by atoms with van der Waals surface area (Å²) in [4.78, 5) is 19.7. The van der Waals surface area contributed by atoms with E-state index in [1.807, 2.05) is 13.0 Å². The third-order valence-electron chi connectivity index (χ3n) is 3.84. The van der Waals surface area contributed by atoms with Crippen LogP contribution in [0.15, 0.2) is 17.1 Å². The first kappa shape index (κ1) is 21.5. The monoisotopic (exact) mass is 485 g/mol. The Morgan fingerprint density at radius 1 is 1.54 bits per heavy atom. The number of piperidine rings is 1. The van der Waals surface area contributed by atoms with Gasteiger partial charge in [-0.2, -0.15) is 0 Å². The van der Waals surface area contributed by atoms with Crippen LogP contribution >= 0.6 is 46.9 Å². The molecule has 1 aliphatic heterocycles. The van der Waals surface area contributed by atoms with Crippen LogP contribution in [0.4, 0.5) is 0 Å².